The van der Waals surface area contributed by atoms with Crippen LogP contribution in [-0.2, 0) is 4.74 Å². The maximum absolute atomic E-state index is 5.75. The van der Waals surface area contributed by atoms with E-state index in [1.165, 1.54) is 5.56 Å². The number of aryl methyl sites for hydroxylation is 1. The molecule has 0 bridgehead atoms. The van der Waals surface area contributed by atoms with Crippen molar-refractivity contribution in [1.82, 2.24) is 0 Å². The normalized spacial score (nSPS) is 12.5. The Balaban J connectivity index is 2.73. The molecule has 0 saturated carbocycles. The molecule has 0 heterocycles. The SMILES string of the molecule is CCC(COC)Nc1cc(N)ccc1C. The van der Waals surface area contributed by atoms with Crippen LogP contribution in [0.5, 0.6) is 0 Å². The summed E-state index contributed by atoms with van der Waals surface area (Å²) >= 11 is 0. The van der Waals surface area contributed by atoms with E-state index >= 15 is 0 Å². The predicted molar refractivity (Wildman–Crippen MR) is 65.2 cm³/mol. The van der Waals surface area contributed by atoms with Gasteiger partial charge in [-0.05, 0) is 31.0 Å². The largest absolute Gasteiger partial charge is 0.399 e. The Labute approximate surface area is 91.6 Å². The Morgan fingerprint density at radius 2 is 2.20 bits per heavy atom. The number of benzene rings is 1. The maximum atomic E-state index is 5.75. The number of hydrogen-bond acceptors (Lipinski definition) is 3. The number of nitrogens with one attached hydrogen (secondary N) is 1. The quantitative estimate of drug-likeness (QED) is 0.730. The lowest BCUT2D eigenvalue weighted by molar-refractivity contribution is 0.184. The van der Waals surface area contributed by atoms with Crippen molar-refractivity contribution < 1.29 is 4.74 Å². The van der Waals surface area contributed by atoms with Crippen LogP contribution >= 0.6 is 0 Å². The van der Waals surface area contributed by atoms with Crippen LogP contribution in [0, 0.1) is 6.92 Å². The molecule has 1 aromatic rings. The third-order valence-electron chi connectivity index (χ3n) is 2.48. The van der Waals surface area contributed by atoms with Gasteiger partial charge in [-0.15, -0.1) is 0 Å². The van der Waals surface area contributed by atoms with E-state index in [1.54, 1.807) is 7.11 Å². The van der Waals surface area contributed by atoms with E-state index in [9.17, 15) is 0 Å². The molecular formula is C12H20N2O. The van der Waals surface area contributed by atoms with Crippen molar-refractivity contribution in [2.24, 2.45) is 0 Å². The first kappa shape index (κ1) is 11.9. The smallest absolute Gasteiger partial charge is 0.0663 e. The predicted octanol–water partition coefficient (Wildman–Crippen LogP) is 2.41. The molecule has 15 heavy (non-hydrogen) atoms. The molecule has 3 nitrogen and oxygen atoms in total. The Kier molecular flexibility index (Phi) is 4.43. The van der Waals surface area contributed by atoms with Crippen molar-refractivity contribution in [3.05, 3.63) is 23.8 Å². The van der Waals surface area contributed by atoms with Gasteiger partial charge in [0.05, 0.1) is 6.61 Å². The third kappa shape index (κ3) is 3.44. The lowest BCUT2D eigenvalue weighted by Crippen LogP contribution is -2.24. The zero-order valence-corrected chi connectivity index (χ0v) is 9.71. The van der Waals surface area contributed by atoms with E-state index in [2.05, 4.69) is 19.2 Å². The monoisotopic (exact) mass is 208 g/mol. The Hall–Kier alpha value is -1.22. The van der Waals surface area contributed by atoms with E-state index in [0.717, 1.165) is 17.8 Å². The van der Waals surface area contributed by atoms with Gasteiger partial charge in [-0.3, -0.25) is 0 Å². The zero-order valence-electron chi connectivity index (χ0n) is 9.71. The molecule has 0 radical (unpaired) electrons. The average molecular weight is 208 g/mol. The van der Waals surface area contributed by atoms with Gasteiger partial charge in [-0.1, -0.05) is 13.0 Å². The summed E-state index contributed by atoms with van der Waals surface area (Å²) in [5, 5.41) is 3.43. The fourth-order valence-electron chi connectivity index (χ4n) is 1.48. The van der Waals surface area contributed by atoms with Crippen molar-refractivity contribution >= 4 is 11.4 Å². The highest BCUT2D eigenvalue weighted by molar-refractivity contribution is 5.59. The molecule has 1 unspecified atom stereocenters. The molecule has 3 heteroatoms. The highest BCUT2D eigenvalue weighted by Crippen LogP contribution is 2.19. The number of nitrogens with two attached hydrogens (primary N) is 1. The van der Waals surface area contributed by atoms with E-state index in [-0.39, 0.29) is 0 Å². The second kappa shape index (κ2) is 5.61. The first-order valence-corrected chi connectivity index (χ1v) is 5.29. The Morgan fingerprint density at radius 1 is 1.47 bits per heavy atom. The summed E-state index contributed by atoms with van der Waals surface area (Å²) in [5.41, 5.74) is 8.84. The highest BCUT2D eigenvalue weighted by atomic mass is 16.5. The Bertz CT molecular complexity index is 312. The van der Waals surface area contributed by atoms with Gasteiger partial charge in [-0.25, -0.2) is 0 Å². The molecule has 0 saturated heterocycles. The molecule has 0 amide bonds. The molecule has 84 valence electrons. The van der Waals surface area contributed by atoms with Crippen LogP contribution in [0.3, 0.4) is 0 Å². The topological polar surface area (TPSA) is 47.3 Å². The van der Waals surface area contributed by atoms with Crippen LogP contribution < -0.4 is 11.1 Å². The van der Waals surface area contributed by atoms with Crippen LogP contribution in [0.1, 0.15) is 18.9 Å². The zero-order chi connectivity index (χ0) is 11.3. The molecule has 0 fully saturated rings. The first-order valence-electron chi connectivity index (χ1n) is 5.29. The van der Waals surface area contributed by atoms with Gasteiger partial charge in [0.15, 0.2) is 0 Å². The molecule has 0 spiro atoms. The third-order valence-corrected chi connectivity index (χ3v) is 2.48. The van der Waals surface area contributed by atoms with Crippen molar-refractivity contribution in [1.29, 1.82) is 0 Å². The fourth-order valence-corrected chi connectivity index (χ4v) is 1.48. The molecule has 0 aromatic heterocycles. The van der Waals surface area contributed by atoms with Crippen LogP contribution in [0.25, 0.3) is 0 Å². The van der Waals surface area contributed by atoms with E-state index < -0.39 is 0 Å². The van der Waals surface area contributed by atoms with E-state index in [0.29, 0.717) is 12.6 Å². The Morgan fingerprint density at radius 3 is 2.80 bits per heavy atom. The fraction of sp³-hybridized carbons (Fsp3) is 0.500. The van der Waals surface area contributed by atoms with Gasteiger partial charge in [0.25, 0.3) is 0 Å². The summed E-state index contributed by atoms with van der Waals surface area (Å²) in [7, 11) is 1.72. The summed E-state index contributed by atoms with van der Waals surface area (Å²) in [5.74, 6) is 0. The van der Waals surface area contributed by atoms with E-state index in [4.69, 9.17) is 10.5 Å². The minimum Gasteiger partial charge on any atom is -0.399 e. The highest BCUT2D eigenvalue weighted by Gasteiger charge is 2.07. The van der Waals surface area contributed by atoms with E-state index in [1.807, 2.05) is 18.2 Å². The van der Waals surface area contributed by atoms with Crippen molar-refractivity contribution in [2.75, 3.05) is 24.8 Å². The summed E-state index contributed by atoms with van der Waals surface area (Å²) in [6, 6.07) is 6.25. The number of nitrogen functional groups attached to an aromatic ring is 1. The van der Waals surface area contributed by atoms with Gasteiger partial charge < -0.3 is 15.8 Å². The molecule has 1 atom stereocenters. The van der Waals surface area contributed by atoms with Gasteiger partial charge >= 0.3 is 0 Å². The van der Waals surface area contributed by atoms with Crippen molar-refractivity contribution in [3.8, 4) is 0 Å². The number of methoxy groups -OCH3 is 1. The second-order valence-corrected chi connectivity index (χ2v) is 3.78. The first-order chi connectivity index (χ1) is 7.17. The molecule has 1 rings (SSSR count). The molecule has 0 aliphatic heterocycles. The van der Waals surface area contributed by atoms with Crippen molar-refractivity contribution in [3.63, 3.8) is 0 Å². The lowest BCUT2D eigenvalue weighted by atomic mass is 10.1. The van der Waals surface area contributed by atoms with Crippen LogP contribution in [-0.4, -0.2) is 19.8 Å². The standard InChI is InChI=1S/C12H20N2O/c1-4-11(8-15-3)14-12-7-10(13)6-5-9(12)2/h5-7,11,14H,4,8,13H2,1-3H3. The number of rotatable bonds is 5. The van der Waals surface area contributed by atoms with Gasteiger partial charge in [0, 0.05) is 24.5 Å². The molecule has 1 aromatic carbocycles. The van der Waals surface area contributed by atoms with Crippen LogP contribution in [0.2, 0.25) is 0 Å². The average Bonchev–Trinajstić information content (AvgIpc) is 2.22. The summed E-state index contributed by atoms with van der Waals surface area (Å²) in [6.07, 6.45) is 1.03. The van der Waals surface area contributed by atoms with Crippen LogP contribution in [0.15, 0.2) is 18.2 Å². The summed E-state index contributed by atoms with van der Waals surface area (Å²) < 4.78 is 5.14. The minimum absolute atomic E-state index is 0.343. The minimum atomic E-state index is 0.343. The molecule has 0 aliphatic carbocycles. The molecule has 0 aliphatic rings. The summed E-state index contributed by atoms with van der Waals surface area (Å²) in [4.78, 5) is 0. The number of anilines is 2. The van der Waals surface area contributed by atoms with Gasteiger partial charge in [-0.2, -0.15) is 0 Å². The summed E-state index contributed by atoms with van der Waals surface area (Å²) in [6.45, 7) is 4.92. The van der Waals surface area contributed by atoms with Gasteiger partial charge in [0.2, 0.25) is 0 Å². The van der Waals surface area contributed by atoms with Crippen molar-refractivity contribution in [2.45, 2.75) is 26.3 Å². The number of hydrogen-bond donors (Lipinski definition) is 2. The maximum Gasteiger partial charge on any atom is 0.0663 e. The van der Waals surface area contributed by atoms with Gasteiger partial charge in [0.1, 0.15) is 0 Å². The second-order valence-electron chi connectivity index (χ2n) is 3.78. The molecule has 3 N–H and O–H groups in total. The lowest BCUT2D eigenvalue weighted by Gasteiger charge is -2.19. The molecular weight excluding hydrogens is 188 g/mol. The van der Waals surface area contributed by atoms with Crippen LogP contribution in [0.4, 0.5) is 11.4 Å². The number of ether oxygens (including phenoxy) is 1.